The first kappa shape index (κ1) is 16.0. The van der Waals surface area contributed by atoms with Gasteiger partial charge in [0.05, 0.1) is 0 Å². The maximum Gasteiger partial charge on any atom is 0.247 e. The number of thioether (sulfide) groups is 1. The molecule has 1 aliphatic heterocycles. The summed E-state index contributed by atoms with van der Waals surface area (Å²) >= 11 is 7.67. The Balaban J connectivity index is 1.89. The second-order valence-corrected chi connectivity index (χ2v) is 7.77. The zero-order valence-corrected chi connectivity index (χ0v) is 15.2. The van der Waals surface area contributed by atoms with Gasteiger partial charge in [0, 0.05) is 29.1 Å². The van der Waals surface area contributed by atoms with Gasteiger partial charge in [-0.25, -0.2) is 0 Å². The van der Waals surface area contributed by atoms with Crippen molar-refractivity contribution in [2.24, 2.45) is 5.92 Å². The van der Waals surface area contributed by atoms with E-state index in [-0.39, 0.29) is 0 Å². The maximum atomic E-state index is 6.44. The zero-order chi connectivity index (χ0) is 16.7. The van der Waals surface area contributed by atoms with Crippen molar-refractivity contribution in [3.8, 4) is 17.1 Å². The van der Waals surface area contributed by atoms with Crippen molar-refractivity contribution in [2.45, 2.75) is 43.5 Å². The normalized spacial score (nSPS) is 25.2. The number of nitrogens with zero attached hydrogens (tertiary/aromatic N) is 3. The first-order valence-electron chi connectivity index (χ1n) is 8.14. The highest BCUT2D eigenvalue weighted by Gasteiger charge is 2.41. The lowest BCUT2D eigenvalue weighted by atomic mass is 9.84. The van der Waals surface area contributed by atoms with Crippen LogP contribution >= 0.6 is 23.4 Å². The van der Waals surface area contributed by atoms with E-state index in [4.69, 9.17) is 16.3 Å². The Kier molecular flexibility index (Phi) is 4.04. The number of halogens is 1. The minimum atomic E-state index is -0.447. The van der Waals surface area contributed by atoms with Gasteiger partial charge in [-0.1, -0.05) is 36.7 Å². The lowest BCUT2D eigenvalue weighted by Crippen LogP contribution is -2.47. The summed E-state index contributed by atoms with van der Waals surface area (Å²) in [7, 11) is 0. The van der Waals surface area contributed by atoms with E-state index >= 15 is 0 Å². The lowest BCUT2D eigenvalue weighted by Gasteiger charge is -2.40. The van der Waals surface area contributed by atoms with Gasteiger partial charge >= 0.3 is 0 Å². The second-order valence-electron chi connectivity index (χ2n) is 6.57. The average molecular weight is 363 g/mol. The van der Waals surface area contributed by atoms with Gasteiger partial charge in [0.2, 0.25) is 11.0 Å². The molecule has 126 valence electrons. The van der Waals surface area contributed by atoms with Crippen LogP contribution in [-0.2, 0) is 0 Å². The molecule has 0 amide bonds. The monoisotopic (exact) mass is 362 g/mol. The molecule has 1 spiro atoms. The van der Waals surface area contributed by atoms with Crippen LogP contribution in [0.15, 0.2) is 23.4 Å². The topological polar surface area (TPSA) is 59.9 Å². The molecule has 7 heteroatoms. The summed E-state index contributed by atoms with van der Waals surface area (Å²) < 4.78 is 6.44. The standard InChI is InChI=1S/C17H19ClN4OS/c1-10-4-3-7-17(9-10)20-13-6-5-11(18)8-12(13)14-15(23-17)19-16(24-2)22-21-14/h5-6,8,10,20H,3-4,7,9H2,1-2H3/t10-,17+/m1/s1. The van der Waals surface area contributed by atoms with Crippen LogP contribution in [0.2, 0.25) is 5.02 Å². The van der Waals surface area contributed by atoms with Crippen LogP contribution in [0, 0.1) is 5.92 Å². The fourth-order valence-electron chi connectivity index (χ4n) is 3.61. The number of nitrogens with one attached hydrogen (secondary N) is 1. The number of hydrogen-bond acceptors (Lipinski definition) is 6. The minimum Gasteiger partial charge on any atom is -0.449 e. The van der Waals surface area contributed by atoms with Crippen molar-refractivity contribution >= 4 is 29.1 Å². The molecular formula is C17H19ClN4OS. The van der Waals surface area contributed by atoms with E-state index in [9.17, 15) is 0 Å². The van der Waals surface area contributed by atoms with E-state index in [1.165, 1.54) is 18.2 Å². The average Bonchev–Trinajstić information content (AvgIpc) is 2.68. The van der Waals surface area contributed by atoms with Gasteiger partial charge in [-0.15, -0.1) is 10.2 Å². The van der Waals surface area contributed by atoms with Crippen molar-refractivity contribution in [1.29, 1.82) is 0 Å². The summed E-state index contributed by atoms with van der Waals surface area (Å²) in [6.45, 7) is 2.27. The largest absolute Gasteiger partial charge is 0.449 e. The van der Waals surface area contributed by atoms with Crippen molar-refractivity contribution in [1.82, 2.24) is 15.2 Å². The molecular weight excluding hydrogens is 344 g/mol. The number of benzene rings is 1. The Morgan fingerprint density at radius 1 is 1.38 bits per heavy atom. The van der Waals surface area contributed by atoms with E-state index in [2.05, 4.69) is 27.4 Å². The summed E-state index contributed by atoms with van der Waals surface area (Å²) in [6, 6.07) is 5.77. The molecule has 1 aromatic heterocycles. The molecule has 1 fully saturated rings. The van der Waals surface area contributed by atoms with Gasteiger partial charge in [0.15, 0.2) is 11.4 Å². The Hall–Kier alpha value is -1.53. The SMILES string of the molecule is CSc1nnc2c(n1)O[C@]1(CCC[C@@H](C)C1)Nc1ccc(Cl)cc1-2. The molecule has 0 radical (unpaired) electrons. The second kappa shape index (κ2) is 6.08. The number of rotatable bonds is 1. The third kappa shape index (κ3) is 2.82. The molecule has 0 bridgehead atoms. The van der Waals surface area contributed by atoms with E-state index in [1.807, 2.05) is 24.5 Å². The summed E-state index contributed by atoms with van der Waals surface area (Å²) in [5, 5.41) is 13.4. The van der Waals surface area contributed by atoms with Crippen molar-refractivity contribution in [3.63, 3.8) is 0 Å². The highest BCUT2D eigenvalue weighted by atomic mass is 35.5. The van der Waals surface area contributed by atoms with Gasteiger partial charge < -0.3 is 10.1 Å². The van der Waals surface area contributed by atoms with Crippen LogP contribution in [-0.4, -0.2) is 27.2 Å². The van der Waals surface area contributed by atoms with Crippen LogP contribution in [0.4, 0.5) is 5.69 Å². The van der Waals surface area contributed by atoms with Crippen LogP contribution in [0.1, 0.15) is 32.6 Å². The molecule has 2 aliphatic rings. The molecule has 2 atom stereocenters. The molecule has 1 saturated carbocycles. The van der Waals surface area contributed by atoms with E-state index in [0.717, 1.165) is 30.5 Å². The number of ether oxygens (including phenoxy) is 1. The van der Waals surface area contributed by atoms with Crippen LogP contribution in [0.3, 0.4) is 0 Å². The molecule has 2 heterocycles. The van der Waals surface area contributed by atoms with Gasteiger partial charge in [-0.2, -0.15) is 4.98 Å². The zero-order valence-electron chi connectivity index (χ0n) is 13.7. The Labute approximate surface area is 150 Å². The first-order chi connectivity index (χ1) is 11.6. The summed E-state index contributed by atoms with van der Waals surface area (Å²) in [4.78, 5) is 4.58. The highest BCUT2D eigenvalue weighted by molar-refractivity contribution is 7.98. The summed E-state index contributed by atoms with van der Waals surface area (Å²) in [6.07, 6.45) is 6.16. The number of aromatic nitrogens is 3. The minimum absolute atomic E-state index is 0.447. The van der Waals surface area contributed by atoms with Crippen molar-refractivity contribution in [3.05, 3.63) is 23.2 Å². The molecule has 5 nitrogen and oxygen atoms in total. The summed E-state index contributed by atoms with van der Waals surface area (Å²) in [5.41, 5.74) is 2.06. The molecule has 1 N–H and O–H groups in total. The number of hydrogen-bond donors (Lipinski definition) is 1. The molecule has 24 heavy (non-hydrogen) atoms. The van der Waals surface area contributed by atoms with Crippen LogP contribution in [0.5, 0.6) is 5.88 Å². The molecule has 2 aromatic rings. The molecule has 1 aromatic carbocycles. The lowest BCUT2D eigenvalue weighted by molar-refractivity contribution is 0.0343. The van der Waals surface area contributed by atoms with Gasteiger partial charge in [-0.05, 0) is 36.8 Å². The van der Waals surface area contributed by atoms with Gasteiger partial charge in [0.25, 0.3) is 0 Å². The maximum absolute atomic E-state index is 6.44. The Bertz CT molecular complexity index is 787. The molecule has 0 saturated heterocycles. The number of fused-ring (bicyclic) bond motifs is 3. The van der Waals surface area contributed by atoms with E-state index in [1.54, 1.807) is 0 Å². The summed E-state index contributed by atoms with van der Waals surface area (Å²) in [5.74, 6) is 1.13. The molecule has 4 rings (SSSR count). The highest BCUT2D eigenvalue weighted by Crippen LogP contribution is 2.45. The molecule has 0 unspecified atom stereocenters. The van der Waals surface area contributed by atoms with Crippen LogP contribution < -0.4 is 10.1 Å². The Morgan fingerprint density at radius 3 is 3.04 bits per heavy atom. The first-order valence-corrected chi connectivity index (χ1v) is 9.75. The third-order valence-corrected chi connectivity index (χ3v) is 5.44. The van der Waals surface area contributed by atoms with E-state index in [0.29, 0.717) is 27.7 Å². The predicted molar refractivity (Wildman–Crippen MR) is 96.7 cm³/mol. The fourth-order valence-corrected chi connectivity index (χ4v) is 4.08. The smallest absolute Gasteiger partial charge is 0.247 e. The van der Waals surface area contributed by atoms with Crippen molar-refractivity contribution < 1.29 is 4.74 Å². The van der Waals surface area contributed by atoms with Gasteiger partial charge in [0.1, 0.15) is 0 Å². The molecule has 1 aliphatic carbocycles. The van der Waals surface area contributed by atoms with Crippen molar-refractivity contribution in [2.75, 3.05) is 11.6 Å². The van der Waals surface area contributed by atoms with Crippen LogP contribution in [0.25, 0.3) is 11.3 Å². The number of anilines is 1. The predicted octanol–water partition coefficient (Wildman–Crippen LogP) is 4.62. The quantitative estimate of drug-likeness (QED) is 0.746. The van der Waals surface area contributed by atoms with E-state index < -0.39 is 5.72 Å². The Morgan fingerprint density at radius 2 is 2.25 bits per heavy atom. The van der Waals surface area contributed by atoms with Gasteiger partial charge in [-0.3, -0.25) is 0 Å². The third-order valence-electron chi connectivity index (χ3n) is 4.66. The fraction of sp³-hybridized carbons (Fsp3) is 0.471.